The lowest BCUT2D eigenvalue weighted by atomic mass is 9.84. The molecule has 6 rings (SSSR count). The Morgan fingerprint density at radius 2 is 0.980 bits per heavy atom. The zero-order chi connectivity index (χ0) is 35.1. The number of hydrogen-bond acceptors (Lipinski definition) is 2. The largest absolute Gasteiger partial charge is 0.249 e. The van der Waals surface area contributed by atoms with Crippen molar-refractivity contribution in [2.45, 2.75) is 86.0 Å². The molecule has 0 radical (unpaired) electrons. The molecule has 0 bridgehead atoms. The first-order valence-electron chi connectivity index (χ1n) is 17.7. The van der Waals surface area contributed by atoms with Gasteiger partial charge in [-0.2, -0.15) is 5.10 Å². The van der Waals surface area contributed by atoms with Gasteiger partial charge in [0.25, 0.3) is 0 Å². The van der Waals surface area contributed by atoms with Gasteiger partial charge in [0.1, 0.15) is 0 Å². The van der Waals surface area contributed by atoms with Crippen LogP contribution in [0.25, 0.3) is 55.9 Å². The second kappa shape index (κ2) is 13.3. The Balaban J connectivity index is 1.44. The molecule has 0 saturated heterocycles. The van der Waals surface area contributed by atoms with Crippen molar-refractivity contribution < 1.29 is 0 Å². The van der Waals surface area contributed by atoms with E-state index in [0.717, 1.165) is 30.1 Å². The fourth-order valence-electron chi connectivity index (χ4n) is 6.87. The molecule has 0 amide bonds. The van der Waals surface area contributed by atoms with Crippen molar-refractivity contribution in [1.29, 1.82) is 0 Å². The summed E-state index contributed by atoms with van der Waals surface area (Å²) in [6.45, 7) is 20.3. The molecule has 0 spiro atoms. The molecule has 0 unspecified atom stereocenters. The molecule has 3 heteroatoms. The van der Waals surface area contributed by atoms with Crippen LogP contribution in [0.2, 0.25) is 0 Å². The van der Waals surface area contributed by atoms with Gasteiger partial charge in [-0.05, 0) is 122 Å². The van der Waals surface area contributed by atoms with Crippen molar-refractivity contribution >= 4 is 0 Å². The number of hydrogen-bond donors (Lipinski definition) is 0. The van der Waals surface area contributed by atoms with Gasteiger partial charge in [0, 0.05) is 19.0 Å². The molecule has 5 aromatic carbocycles. The quantitative estimate of drug-likeness (QED) is 0.173. The normalized spacial score (nSPS) is 12.0. The van der Waals surface area contributed by atoms with Gasteiger partial charge in [-0.15, -0.1) is 0 Å². The van der Waals surface area contributed by atoms with E-state index in [4.69, 9.17) is 4.98 Å². The maximum absolute atomic E-state index is 4.84. The molecule has 0 aliphatic heterocycles. The molecule has 0 aliphatic carbocycles. The summed E-state index contributed by atoms with van der Waals surface area (Å²) >= 11 is 0. The number of aryl methyl sites for hydroxylation is 4. The third-order valence-corrected chi connectivity index (χ3v) is 9.66. The van der Waals surface area contributed by atoms with Crippen LogP contribution in [0.4, 0.5) is 0 Å². The van der Waals surface area contributed by atoms with Crippen LogP contribution in [0.3, 0.4) is 0 Å². The number of nitrogens with zero attached hydrogens (tertiary/aromatic N) is 3. The van der Waals surface area contributed by atoms with Crippen molar-refractivity contribution in [3.8, 4) is 55.9 Å². The Kier molecular flexibility index (Phi) is 9.24. The molecule has 49 heavy (non-hydrogen) atoms. The third-order valence-electron chi connectivity index (χ3n) is 9.66. The topological polar surface area (TPSA) is 30.7 Å². The molecule has 3 nitrogen and oxygen atoms in total. The monoisotopic (exact) mass is 645 g/mol. The van der Waals surface area contributed by atoms with E-state index in [1.807, 2.05) is 11.7 Å². The third kappa shape index (κ3) is 7.32. The van der Waals surface area contributed by atoms with E-state index in [9.17, 15) is 0 Å². The summed E-state index contributed by atoms with van der Waals surface area (Å²) in [6.07, 6.45) is 1.92. The van der Waals surface area contributed by atoms with Gasteiger partial charge in [0.05, 0.1) is 0 Å². The van der Waals surface area contributed by atoms with Crippen LogP contribution in [-0.4, -0.2) is 14.8 Å². The van der Waals surface area contributed by atoms with Crippen LogP contribution in [0.5, 0.6) is 0 Å². The zero-order valence-electron chi connectivity index (χ0n) is 31.1. The second-order valence-electron chi connectivity index (χ2n) is 15.7. The highest BCUT2D eigenvalue weighted by atomic mass is 15.3. The van der Waals surface area contributed by atoms with Gasteiger partial charge in [0.2, 0.25) is 0 Å². The lowest BCUT2D eigenvalue weighted by Crippen LogP contribution is -2.10. The molecule has 1 heterocycles. The van der Waals surface area contributed by atoms with Crippen LogP contribution in [0.1, 0.15) is 83.0 Å². The van der Waals surface area contributed by atoms with Gasteiger partial charge in [-0.3, -0.25) is 0 Å². The SMILES string of the molecule is CCCc1nc(-c2cccc(-c3cc(C)c(-c4cc(-c5ccc(C(C)(C)C)cc5)cc(-c5ccc(C(C)(C)C)cc5)c4)c(C)c3)c2)n(C)n1. The fraction of sp³-hybridized carbons (Fsp3) is 0.304. The molecule has 0 N–H and O–H groups in total. The van der Waals surface area contributed by atoms with Crippen molar-refractivity contribution in [2.75, 3.05) is 0 Å². The highest BCUT2D eigenvalue weighted by Crippen LogP contribution is 2.39. The summed E-state index contributed by atoms with van der Waals surface area (Å²) in [6, 6.07) is 38.7. The van der Waals surface area contributed by atoms with Gasteiger partial charge in [0.15, 0.2) is 11.6 Å². The van der Waals surface area contributed by atoms with Crippen LogP contribution < -0.4 is 0 Å². The van der Waals surface area contributed by atoms with Crippen molar-refractivity contribution in [1.82, 2.24) is 14.8 Å². The molecule has 250 valence electrons. The number of rotatable bonds is 7. The Hall–Kier alpha value is -4.76. The molecule has 0 atom stereocenters. The lowest BCUT2D eigenvalue weighted by Gasteiger charge is -2.20. The summed E-state index contributed by atoms with van der Waals surface area (Å²) in [5.74, 6) is 1.81. The van der Waals surface area contributed by atoms with Gasteiger partial charge >= 0.3 is 0 Å². The van der Waals surface area contributed by atoms with Crippen LogP contribution in [0.15, 0.2) is 103 Å². The Morgan fingerprint density at radius 1 is 0.531 bits per heavy atom. The van der Waals surface area contributed by atoms with Crippen molar-refractivity contribution in [2.24, 2.45) is 7.05 Å². The first kappa shape index (κ1) is 34.1. The predicted molar refractivity (Wildman–Crippen MR) is 209 cm³/mol. The summed E-state index contributed by atoms with van der Waals surface area (Å²) in [7, 11) is 1.98. The maximum Gasteiger partial charge on any atom is 0.158 e. The smallest absolute Gasteiger partial charge is 0.158 e. The molecule has 1 aromatic heterocycles. The van der Waals surface area contributed by atoms with E-state index in [1.54, 1.807) is 0 Å². The van der Waals surface area contributed by atoms with Crippen molar-refractivity contribution in [3.05, 3.63) is 131 Å². The van der Waals surface area contributed by atoms with Crippen LogP contribution in [0, 0.1) is 13.8 Å². The molecule has 6 aromatic rings. The minimum Gasteiger partial charge on any atom is -0.249 e. The zero-order valence-corrected chi connectivity index (χ0v) is 31.1. The van der Waals surface area contributed by atoms with Gasteiger partial charge < -0.3 is 0 Å². The first-order chi connectivity index (χ1) is 23.2. The Bertz CT molecular complexity index is 2000. The Morgan fingerprint density at radius 3 is 1.47 bits per heavy atom. The lowest BCUT2D eigenvalue weighted by molar-refractivity contribution is 0.590. The van der Waals surface area contributed by atoms with E-state index < -0.39 is 0 Å². The minimum atomic E-state index is 0.113. The average Bonchev–Trinajstić information content (AvgIpc) is 3.43. The fourth-order valence-corrected chi connectivity index (χ4v) is 6.87. The molecule has 0 saturated carbocycles. The molecule has 0 fully saturated rings. The number of benzene rings is 5. The van der Waals surface area contributed by atoms with Crippen LogP contribution >= 0.6 is 0 Å². The summed E-state index contributed by atoms with van der Waals surface area (Å²) in [5, 5.41) is 4.65. The average molecular weight is 646 g/mol. The van der Waals surface area contributed by atoms with Gasteiger partial charge in [-0.1, -0.05) is 127 Å². The predicted octanol–water partition coefficient (Wildman–Crippen LogP) is 12.3. The van der Waals surface area contributed by atoms with E-state index in [-0.39, 0.29) is 10.8 Å². The Labute approximate surface area is 294 Å². The molecular formula is C46H51N3. The molecule has 0 aliphatic rings. The highest BCUT2D eigenvalue weighted by molar-refractivity contribution is 5.85. The number of aromatic nitrogens is 3. The summed E-state index contributed by atoms with van der Waals surface area (Å²) in [4.78, 5) is 4.84. The first-order valence-corrected chi connectivity index (χ1v) is 17.7. The highest BCUT2D eigenvalue weighted by Gasteiger charge is 2.18. The second-order valence-corrected chi connectivity index (χ2v) is 15.7. The minimum absolute atomic E-state index is 0.113. The maximum atomic E-state index is 4.84. The van der Waals surface area contributed by atoms with Gasteiger partial charge in [-0.25, -0.2) is 9.67 Å². The van der Waals surface area contributed by atoms with E-state index in [0.29, 0.717) is 0 Å². The standard InChI is InChI=1S/C46H51N3/c1-11-13-42-47-44(49(10)48-42)35-15-12-14-34(26-35)36-24-30(2)43(31(3)25-36)39-28-37(32-16-20-40(21-17-32)45(4,5)6)27-38(29-39)33-18-22-41(23-19-33)46(7,8)9/h12,14-29H,11,13H2,1-10H3. The van der Waals surface area contributed by atoms with Crippen molar-refractivity contribution in [3.63, 3.8) is 0 Å². The van der Waals surface area contributed by atoms with E-state index in [2.05, 4.69) is 171 Å². The van der Waals surface area contributed by atoms with Crippen LogP contribution in [-0.2, 0) is 24.3 Å². The molecular weight excluding hydrogens is 595 g/mol. The van der Waals surface area contributed by atoms with E-state index >= 15 is 0 Å². The summed E-state index contributed by atoms with van der Waals surface area (Å²) in [5.41, 5.74) is 16.4. The summed E-state index contributed by atoms with van der Waals surface area (Å²) < 4.78 is 1.90. The van der Waals surface area contributed by atoms with E-state index in [1.165, 1.54) is 66.8 Å².